The topological polar surface area (TPSA) is 28.2 Å². The molecular formula is C14H22F3N3. The van der Waals surface area contributed by atoms with Crippen molar-refractivity contribution in [3.63, 3.8) is 0 Å². The lowest BCUT2D eigenvalue weighted by atomic mass is 10.2. The molecule has 0 aliphatic carbocycles. The standard InChI is InChI=1S/C14H22F3N3/c1-3-6-18-9-12-10-19-7-5-13(12)20(8-4-2)11-14(15,16)17/h5,7,10,18H,3-4,6,8-9,11H2,1-2H3. The van der Waals surface area contributed by atoms with Crippen molar-refractivity contribution in [2.24, 2.45) is 0 Å². The van der Waals surface area contributed by atoms with Crippen molar-refractivity contribution in [2.75, 3.05) is 24.5 Å². The van der Waals surface area contributed by atoms with E-state index >= 15 is 0 Å². The quantitative estimate of drug-likeness (QED) is 0.744. The maximum absolute atomic E-state index is 12.7. The lowest BCUT2D eigenvalue weighted by Gasteiger charge is -2.27. The second-order valence-corrected chi connectivity index (χ2v) is 4.72. The van der Waals surface area contributed by atoms with E-state index in [9.17, 15) is 13.2 Å². The number of hydrogen-bond donors (Lipinski definition) is 1. The molecule has 0 fully saturated rings. The van der Waals surface area contributed by atoms with Gasteiger partial charge in [-0.15, -0.1) is 0 Å². The molecule has 3 nitrogen and oxygen atoms in total. The summed E-state index contributed by atoms with van der Waals surface area (Å²) in [5.74, 6) is 0. The van der Waals surface area contributed by atoms with Gasteiger partial charge in [-0.05, 0) is 25.5 Å². The van der Waals surface area contributed by atoms with Gasteiger partial charge in [-0.3, -0.25) is 4.98 Å². The molecule has 6 heteroatoms. The molecule has 0 unspecified atom stereocenters. The minimum atomic E-state index is -4.20. The Bertz CT molecular complexity index is 393. The first-order valence-electron chi connectivity index (χ1n) is 6.93. The van der Waals surface area contributed by atoms with Crippen molar-refractivity contribution in [3.05, 3.63) is 24.0 Å². The number of pyridine rings is 1. The molecule has 0 amide bonds. The number of hydrogen-bond acceptors (Lipinski definition) is 3. The molecule has 0 saturated heterocycles. The van der Waals surface area contributed by atoms with Crippen LogP contribution >= 0.6 is 0 Å². The highest BCUT2D eigenvalue weighted by Crippen LogP contribution is 2.25. The third kappa shape index (κ3) is 5.77. The van der Waals surface area contributed by atoms with Crippen LogP contribution < -0.4 is 10.2 Å². The predicted molar refractivity (Wildman–Crippen MR) is 74.8 cm³/mol. The minimum Gasteiger partial charge on any atom is -0.362 e. The normalized spacial score (nSPS) is 11.7. The lowest BCUT2D eigenvalue weighted by Crippen LogP contribution is -2.35. The molecule has 1 aromatic rings. The van der Waals surface area contributed by atoms with Crippen LogP contribution in [0.4, 0.5) is 18.9 Å². The first kappa shape index (κ1) is 16.8. The number of nitrogens with zero attached hydrogens (tertiary/aromatic N) is 2. The third-order valence-corrected chi connectivity index (χ3v) is 2.82. The Labute approximate surface area is 118 Å². The van der Waals surface area contributed by atoms with Crippen LogP contribution in [0.1, 0.15) is 32.3 Å². The fourth-order valence-electron chi connectivity index (χ4n) is 2.04. The molecule has 0 radical (unpaired) electrons. The molecule has 1 aromatic heterocycles. The molecule has 0 atom stereocenters. The Morgan fingerprint density at radius 1 is 1.25 bits per heavy atom. The summed E-state index contributed by atoms with van der Waals surface area (Å²) >= 11 is 0. The van der Waals surface area contributed by atoms with Crippen LogP contribution in [-0.2, 0) is 6.54 Å². The number of rotatable bonds is 8. The van der Waals surface area contributed by atoms with Crippen LogP contribution in [0, 0.1) is 0 Å². The Balaban J connectivity index is 2.88. The fourth-order valence-corrected chi connectivity index (χ4v) is 2.04. The van der Waals surface area contributed by atoms with Gasteiger partial charge in [0.15, 0.2) is 0 Å². The van der Waals surface area contributed by atoms with Crippen molar-refractivity contribution in [2.45, 2.75) is 39.4 Å². The highest BCUT2D eigenvalue weighted by Gasteiger charge is 2.31. The molecule has 0 saturated carbocycles. The Hall–Kier alpha value is -1.30. The SMILES string of the molecule is CCCNCc1cnccc1N(CCC)CC(F)(F)F. The van der Waals surface area contributed by atoms with Crippen LogP contribution in [0.15, 0.2) is 18.5 Å². The van der Waals surface area contributed by atoms with E-state index < -0.39 is 12.7 Å². The van der Waals surface area contributed by atoms with Gasteiger partial charge >= 0.3 is 6.18 Å². The maximum atomic E-state index is 12.7. The molecule has 1 heterocycles. The van der Waals surface area contributed by atoms with E-state index in [4.69, 9.17) is 0 Å². The van der Waals surface area contributed by atoms with Gasteiger partial charge in [0.25, 0.3) is 0 Å². The first-order valence-corrected chi connectivity index (χ1v) is 6.93. The minimum absolute atomic E-state index is 0.379. The molecule has 0 aromatic carbocycles. The van der Waals surface area contributed by atoms with Gasteiger partial charge in [0, 0.05) is 36.7 Å². The summed E-state index contributed by atoms with van der Waals surface area (Å²) in [5, 5.41) is 3.20. The molecule has 114 valence electrons. The highest BCUT2D eigenvalue weighted by molar-refractivity contribution is 5.52. The number of aromatic nitrogens is 1. The highest BCUT2D eigenvalue weighted by atomic mass is 19.4. The van der Waals surface area contributed by atoms with Gasteiger partial charge in [0.2, 0.25) is 0 Å². The molecule has 0 aliphatic heterocycles. The second kappa shape index (κ2) is 8.09. The van der Waals surface area contributed by atoms with Crippen molar-refractivity contribution in [3.8, 4) is 0 Å². The van der Waals surface area contributed by atoms with E-state index in [-0.39, 0.29) is 0 Å². The summed E-state index contributed by atoms with van der Waals surface area (Å²) in [6.45, 7) is 4.75. The number of halogens is 3. The number of nitrogens with one attached hydrogen (secondary N) is 1. The van der Waals surface area contributed by atoms with Gasteiger partial charge < -0.3 is 10.2 Å². The van der Waals surface area contributed by atoms with Crippen LogP contribution in [0.25, 0.3) is 0 Å². The summed E-state index contributed by atoms with van der Waals surface area (Å²) in [5.41, 5.74) is 1.42. The molecule has 0 aliphatic rings. The van der Waals surface area contributed by atoms with Gasteiger partial charge in [-0.2, -0.15) is 13.2 Å². The maximum Gasteiger partial charge on any atom is 0.405 e. The van der Waals surface area contributed by atoms with Crippen LogP contribution in [0.5, 0.6) is 0 Å². The average molecular weight is 289 g/mol. The zero-order chi connectivity index (χ0) is 15.0. The Morgan fingerprint density at radius 3 is 2.60 bits per heavy atom. The average Bonchev–Trinajstić information content (AvgIpc) is 2.38. The molecule has 1 rings (SSSR count). The van der Waals surface area contributed by atoms with Crippen LogP contribution in [0.2, 0.25) is 0 Å². The van der Waals surface area contributed by atoms with Crippen molar-refractivity contribution < 1.29 is 13.2 Å². The molecule has 0 bridgehead atoms. The monoisotopic (exact) mass is 289 g/mol. The Morgan fingerprint density at radius 2 is 2.00 bits per heavy atom. The molecule has 20 heavy (non-hydrogen) atoms. The second-order valence-electron chi connectivity index (χ2n) is 4.72. The largest absolute Gasteiger partial charge is 0.405 e. The fraction of sp³-hybridized carbons (Fsp3) is 0.643. The van der Waals surface area contributed by atoms with E-state index in [1.165, 1.54) is 11.1 Å². The first-order chi connectivity index (χ1) is 9.48. The van der Waals surface area contributed by atoms with Gasteiger partial charge in [-0.25, -0.2) is 0 Å². The number of anilines is 1. The van der Waals surface area contributed by atoms with E-state index in [0.717, 1.165) is 18.5 Å². The summed E-state index contributed by atoms with van der Waals surface area (Å²) in [7, 11) is 0. The Kier molecular flexibility index (Phi) is 6.78. The lowest BCUT2D eigenvalue weighted by molar-refractivity contribution is -0.119. The summed E-state index contributed by atoms with van der Waals surface area (Å²) < 4.78 is 38.0. The van der Waals surface area contributed by atoms with E-state index in [0.29, 0.717) is 25.2 Å². The van der Waals surface area contributed by atoms with Gasteiger partial charge in [0.05, 0.1) is 0 Å². The van der Waals surface area contributed by atoms with E-state index in [1.807, 2.05) is 13.8 Å². The molecule has 1 N–H and O–H groups in total. The molecular weight excluding hydrogens is 267 g/mol. The predicted octanol–water partition coefficient (Wildman–Crippen LogP) is 3.36. The molecule has 0 spiro atoms. The third-order valence-electron chi connectivity index (χ3n) is 2.82. The smallest absolute Gasteiger partial charge is 0.362 e. The van der Waals surface area contributed by atoms with Gasteiger partial charge in [0.1, 0.15) is 6.54 Å². The van der Waals surface area contributed by atoms with Crippen molar-refractivity contribution in [1.82, 2.24) is 10.3 Å². The number of alkyl halides is 3. The summed E-state index contributed by atoms with van der Waals surface area (Å²) in [6, 6.07) is 1.66. The summed E-state index contributed by atoms with van der Waals surface area (Å²) in [4.78, 5) is 5.39. The van der Waals surface area contributed by atoms with E-state index in [1.54, 1.807) is 12.3 Å². The van der Waals surface area contributed by atoms with Crippen molar-refractivity contribution >= 4 is 5.69 Å². The van der Waals surface area contributed by atoms with Crippen molar-refractivity contribution in [1.29, 1.82) is 0 Å². The summed E-state index contributed by atoms with van der Waals surface area (Å²) in [6.07, 6.45) is 0.623. The zero-order valence-electron chi connectivity index (χ0n) is 12.0. The van der Waals surface area contributed by atoms with Crippen LogP contribution in [0.3, 0.4) is 0 Å². The van der Waals surface area contributed by atoms with Gasteiger partial charge in [-0.1, -0.05) is 13.8 Å². The zero-order valence-corrected chi connectivity index (χ0v) is 12.0. The van der Waals surface area contributed by atoms with E-state index in [2.05, 4.69) is 10.3 Å². The van der Waals surface area contributed by atoms with Crippen LogP contribution in [-0.4, -0.2) is 30.8 Å².